The van der Waals surface area contributed by atoms with Crippen molar-refractivity contribution in [2.24, 2.45) is 0 Å². The van der Waals surface area contributed by atoms with Crippen molar-refractivity contribution in [2.45, 2.75) is 20.4 Å². The first-order valence-electron chi connectivity index (χ1n) is 9.47. The summed E-state index contributed by atoms with van der Waals surface area (Å²) in [6.45, 7) is 5.30. The third-order valence-corrected chi connectivity index (χ3v) is 4.73. The molecular weight excluding hydrogens is 368 g/mol. The van der Waals surface area contributed by atoms with Gasteiger partial charge in [0.25, 0.3) is 5.91 Å². The van der Waals surface area contributed by atoms with E-state index >= 15 is 0 Å². The molecule has 0 saturated carbocycles. The highest BCUT2D eigenvalue weighted by Gasteiger charge is 2.19. The first kappa shape index (κ1) is 20.6. The molecule has 0 aliphatic heterocycles. The SMILES string of the molecule is COCCN(Cc1cc(-c2ccc(C)cc2C)on1)C(=O)c1cccc(OC)c1. The van der Waals surface area contributed by atoms with Gasteiger partial charge in [0.05, 0.1) is 20.3 Å². The molecule has 2 aromatic carbocycles. The summed E-state index contributed by atoms with van der Waals surface area (Å²) in [5.41, 5.74) is 4.56. The number of rotatable bonds is 8. The van der Waals surface area contributed by atoms with Crippen LogP contribution in [-0.2, 0) is 11.3 Å². The van der Waals surface area contributed by atoms with Crippen LogP contribution < -0.4 is 4.74 Å². The summed E-state index contributed by atoms with van der Waals surface area (Å²) in [4.78, 5) is 14.7. The van der Waals surface area contributed by atoms with Crippen molar-refractivity contribution in [2.75, 3.05) is 27.4 Å². The zero-order valence-electron chi connectivity index (χ0n) is 17.3. The number of methoxy groups -OCH3 is 2. The van der Waals surface area contributed by atoms with Crippen LogP contribution in [0.25, 0.3) is 11.3 Å². The molecule has 0 radical (unpaired) electrons. The topological polar surface area (TPSA) is 64.8 Å². The predicted molar refractivity (Wildman–Crippen MR) is 111 cm³/mol. The third kappa shape index (κ3) is 5.03. The molecule has 0 aliphatic rings. The molecule has 1 amide bonds. The Morgan fingerprint density at radius 3 is 2.66 bits per heavy atom. The van der Waals surface area contributed by atoms with Crippen LogP contribution in [0.1, 0.15) is 27.2 Å². The average Bonchev–Trinajstić information content (AvgIpc) is 3.18. The fraction of sp³-hybridized carbons (Fsp3) is 0.304. The molecule has 0 fully saturated rings. The number of aryl methyl sites for hydroxylation is 2. The number of carbonyl (C=O) groups is 1. The standard InChI is InChI=1S/C23H26N2O4/c1-16-8-9-21(17(2)12-16)22-14-19(24-29-22)15-25(10-11-27-3)23(26)18-6-5-7-20(13-18)28-4/h5-9,12-14H,10-11,15H2,1-4H3. The molecule has 0 unspecified atom stereocenters. The second-order valence-electron chi connectivity index (χ2n) is 6.95. The summed E-state index contributed by atoms with van der Waals surface area (Å²) in [7, 11) is 3.19. The highest BCUT2D eigenvalue weighted by atomic mass is 16.5. The number of carbonyl (C=O) groups excluding carboxylic acids is 1. The highest BCUT2D eigenvalue weighted by molar-refractivity contribution is 5.94. The third-order valence-electron chi connectivity index (χ3n) is 4.73. The first-order valence-corrected chi connectivity index (χ1v) is 9.47. The van der Waals surface area contributed by atoms with Gasteiger partial charge in [0, 0.05) is 30.8 Å². The van der Waals surface area contributed by atoms with Gasteiger partial charge in [-0.2, -0.15) is 0 Å². The molecule has 0 aliphatic carbocycles. The molecule has 3 aromatic rings. The van der Waals surface area contributed by atoms with E-state index in [4.69, 9.17) is 14.0 Å². The van der Waals surface area contributed by atoms with Gasteiger partial charge >= 0.3 is 0 Å². The maximum absolute atomic E-state index is 13.0. The predicted octanol–water partition coefficient (Wildman–Crippen LogP) is 4.26. The van der Waals surface area contributed by atoms with Crippen LogP contribution in [0.3, 0.4) is 0 Å². The van der Waals surface area contributed by atoms with Crippen LogP contribution >= 0.6 is 0 Å². The number of hydrogen-bond donors (Lipinski definition) is 0. The van der Waals surface area contributed by atoms with Gasteiger partial charge in [-0.25, -0.2) is 0 Å². The normalized spacial score (nSPS) is 10.8. The molecule has 1 heterocycles. The molecule has 0 atom stereocenters. The average molecular weight is 394 g/mol. The van der Waals surface area contributed by atoms with Crippen molar-refractivity contribution < 1.29 is 18.8 Å². The Labute approximate surface area is 171 Å². The molecule has 6 heteroatoms. The second kappa shape index (κ2) is 9.39. The molecule has 29 heavy (non-hydrogen) atoms. The van der Waals surface area contributed by atoms with Crippen molar-refractivity contribution in [3.63, 3.8) is 0 Å². The van der Waals surface area contributed by atoms with Gasteiger partial charge in [0.1, 0.15) is 11.4 Å². The summed E-state index contributed by atoms with van der Waals surface area (Å²) < 4.78 is 16.0. The van der Waals surface area contributed by atoms with Gasteiger partial charge in [0.15, 0.2) is 5.76 Å². The Morgan fingerprint density at radius 2 is 1.93 bits per heavy atom. The Balaban J connectivity index is 1.81. The molecule has 1 aromatic heterocycles. The molecule has 6 nitrogen and oxygen atoms in total. The highest BCUT2D eigenvalue weighted by Crippen LogP contribution is 2.25. The summed E-state index contributed by atoms with van der Waals surface area (Å²) in [6, 6.07) is 15.2. The lowest BCUT2D eigenvalue weighted by Crippen LogP contribution is -2.33. The van der Waals surface area contributed by atoms with Crippen molar-refractivity contribution in [1.29, 1.82) is 0 Å². The van der Waals surface area contributed by atoms with E-state index in [0.717, 1.165) is 11.1 Å². The zero-order chi connectivity index (χ0) is 20.8. The van der Waals surface area contributed by atoms with E-state index in [1.807, 2.05) is 31.2 Å². The first-order chi connectivity index (χ1) is 14.0. The number of aromatic nitrogens is 1. The van der Waals surface area contributed by atoms with Gasteiger partial charge in [-0.05, 0) is 37.6 Å². The van der Waals surface area contributed by atoms with E-state index in [0.29, 0.717) is 42.5 Å². The molecule has 0 N–H and O–H groups in total. The number of nitrogens with zero attached hydrogens (tertiary/aromatic N) is 2. The van der Waals surface area contributed by atoms with Crippen molar-refractivity contribution in [3.8, 4) is 17.1 Å². The lowest BCUT2D eigenvalue weighted by molar-refractivity contribution is 0.0676. The van der Waals surface area contributed by atoms with Gasteiger partial charge < -0.3 is 18.9 Å². The van der Waals surface area contributed by atoms with Crippen LogP contribution in [0.5, 0.6) is 5.75 Å². The number of hydrogen-bond acceptors (Lipinski definition) is 5. The summed E-state index contributed by atoms with van der Waals surface area (Å²) in [5, 5.41) is 4.18. The fourth-order valence-electron chi connectivity index (χ4n) is 3.19. The lowest BCUT2D eigenvalue weighted by Gasteiger charge is -2.21. The Bertz CT molecular complexity index is 981. The summed E-state index contributed by atoms with van der Waals surface area (Å²) in [5.74, 6) is 1.22. The van der Waals surface area contributed by atoms with Crippen LogP contribution in [0.2, 0.25) is 0 Å². The van der Waals surface area contributed by atoms with E-state index in [1.54, 1.807) is 37.3 Å². The number of amides is 1. The molecule has 3 rings (SSSR count). The smallest absolute Gasteiger partial charge is 0.254 e. The Kier molecular flexibility index (Phi) is 6.67. The lowest BCUT2D eigenvalue weighted by atomic mass is 10.0. The molecular formula is C23H26N2O4. The van der Waals surface area contributed by atoms with Crippen LogP contribution in [0, 0.1) is 13.8 Å². The Hall–Kier alpha value is -3.12. The fourth-order valence-corrected chi connectivity index (χ4v) is 3.19. The largest absolute Gasteiger partial charge is 0.497 e. The maximum atomic E-state index is 13.0. The van der Waals surface area contributed by atoms with Gasteiger partial charge in [-0.1, -0.05) is 35.0 Å². The van der Waals surface area contributed by atoms with E-state index in [-0.39, 0.29) is 5.91 Å². The van der Waals surface area contributed by atoms with E-state index in [1.165, 1.54) is 5.56 Å². The number of benzene rings is 2. The number of ether oxygens (including phenoxy) is 2. The minimum Gasteiger partial charge on any atom is -0.497 e. The van der Waals surface area contributed by atoms with E-state index < -0.39 is 0 Å². The molecule has 0 spiro atoms. The minimum absolute atomic E-state index is 0.114. The van der Waals surface area contributed by atoms with Crippen LogP contribution in [-0.4, -0.2) is 43.3 Å². The van der Waals surface area contributed by atoms with Gasteiger partial charge in [-0.3, -0.25) is 4.79 Å². The van der Waals surface area contributed by atoms with Crippen molar-refractivity contribution >= 4 is 5.91 Å². The monoisotopic (exact) mass is 394 g/mol. The summed E-state index contributed by atoms with van der Waals surface area (Å²) >= 11 is 0. The summed E-state index contributed by atoms with van der Waals surface area (Å²) in [6.07, 6.45) is 0. The van der Waals surface area contributed by atoms with Crippen LogP contribution in [0.15, 0.2) is 53.1 Å². The molecule has 0 saturated heterocycles. The quantitative estimate of drug-likeness (QED) is 0.571. The van der Waals surface area contributed by atoms with Gasteiger partial charge in [0.2, 0.25) is 0 Å². The van der Waals surface area contributed by atoms with E-state index in [9.17, 15) is 4.79 Å². The Morgan fingerprint density at radius 1 is 1.10 bits per heavy atom. The van der Waals surface area contributed by atoms with Crippen molar-refractivity contribution in [3.05, 3.63) is 70.9 Å². The molecule has 0 bridgehead atoms. The van der Waals surface area contributed by atoms with E-state index in [2.05, 4.69) is 18.1 Å². The maximum Gasteiger partial charge on any atom is 0.254 e. The van der Waals surface area contributed by atoms with Crippen LogP contribution in [0.4, 0.5) is 0 Å². The van der Waals surface area contributed by atoms with Crippen molar-refractivity contribution in [1.82, 2.24) is 10.1 Å². The minimum atomic E-state index is -0.114. The zero-order valence-corrected chi connectivity index (χ0v) is 17.3. The molecule has 152 valence electrons. The van der Waals surface area contributed by atoms with Gasteiger partial charge in [-0.15, -0.1) is 0 Å². The second-order valence-corrected chi connectivity index (χ2v) is 6.95.